The molecular formula is C32H37ClN2O3. The molecule has 38 heavy (non-hydrogen) atoms. The summed E-state index contributed by atoms with van der Waals surface area (Å²) in [4.78, 5) is 21.2. The van der Waals surface area contributed by atoms with Crippen molar-refractivity contribution < 1.29 is 13.9 Å². The van der Waals surface area contributed by atoms with Crippen molar-refractivity contribution in [3.63, 3.8) is 0 Å². The number of aromatic nitrogens is 2. The van der Waals surface area contributed by atoms with Gasteiger partial charge in [-0.3, -0.25) is 9.78 Å². The summed E-state index contributed by atoms with van der Waals surface area (Å²) in [5.74, 6) is 1.05. The zero-order valence-corrected chi connectivity index (χ0v) is 24.2. The summed E-state index contributed by atoms with van der Waals surface area (Å²) in [6, 6.07) is 14.1. The number of aryl methyl sites for hydroxylation is 4. The van der Waals surface area contributed by atoms with Crippen molar-refractivity contribution in [1.82, 2.24) is 9.97 Å². The van der Waals surface area contributed by atoms with E-state index in [-0.39, 0.29) is 16.8 Å². The van der Waals surface area contributed by atoms with E-state index in [2.05, 4.69) is 58.7 Å². The van der Waals surface area contributed by atoms with Crippen molar-refractivity contribution in [2.75, 3.05) is 0 Å². The van der Waals surface area contributed by atoms with Crippen LogP contribution < -0.4 is 4.74 Å². The van der Waals surface area contributed by atoms with Gasteiger partial charge >= 0.3 is 5.97 Å². The second-order valence-electron chi connectivity index (χ2n) is 12.0. The molecule has 4 rings (SSSR count). The molecule has 6 heteroatoms. The summed E-state index contributed by atoms with van der Waals surface area (Å²) in [7, 11) is 0. The number of fused-ring (bicyclic) bond motifs is 1. The highest BCUT2D eigenvalue weighted by Crippen LogP contribution is 2.41. The van der Waals surface area contributed by atoms with Gasteiger partial charge in [-0.25, -0.2) is 4.98 Å². The molecule has 200 valence electrons. The third-order valence-electron chi connectivity index (χ3n) is 6.59. The van der Waals surface area contributed by atoms with Crippen LogP contribution in [0, 0.1) is 0 Å². The summed E-state index contributed by atoms with van der Waals surface area (Å²) in [6.45, 7) is 14.3. The maximum atomic E-state index is 12.0. The molecule has 0 amide bonds. The third kappa shape index (κ3) is 6.63. The lowest BCUT2D eigenvalue weighted by molar-refractivity contribution is -0.132. The van der Waals surface area contributed by atoms with Gasteiger partial charge in [-0.05, 0) is 65.5 Å². The minimum atomic E-state index is -0.308. The van der Waals surface area contributed by atoms with Crippen LogP contribution in [0.25, 0.3) is 11.1 Å². The monoisotopic (exact) mass is 532 g/mol. The Morgan fingerprint density at radius 3 is 2.18 bits per heavy atom. The van der Waals surface area contributed by atoms with Crippen molar-refractivity contribution in [3.05, 3.63) is 87.5 Å². The molecule has 0 fully saturated rings. The molecule has 0 aliphatic heterocycles. The topological polar surface area (TPSA) is 65.2 Å². The molecule has 0 unspecified atom stereocenters. The molecule has 5 nitrogen and oxygen atoms in total. The highest BCUT2D eigenvalue weighted by Gasteiger charge is 2.29. The van der Waals surface area contributed by atoms with Crippen LogP contribution in [0.4, 0.5) is 0 Å². The molecule has 0 aliphatic carbocycles. The summed E-state index contributed by atoms with van der Waals surface area (Å²) in [5.41, 5.74) is 6.44. The van der Waals surface area contributed by atoms with Gasteiger partial charge in [0.25, 0.3) is 0 Å². The fourth-order valence-electron chi connectivity index (χ4n) is 4.66. The first-order valence-corrected chi connectivity index (χ1v) is 13.5. The first-order chi connectivity index (χ1) is 17.8. The Bertz CT molecular complexity index is 1410. The Labute approximate surface area is 230 Å². The van der Waals surface area contributed by atoms with E-state index >= 15 is 0 Å². The Morgan fingerprint density at radius 2 is 1.61 bits per heavy atom. The number of oxazole rings is 1. The molecule has 0 N–H and O–H groups in total. The van der Waals surface area contributed by atoms with Crippen LogP contribution in [-0.4, -0.2) is 15.9 Å². The Hall–Kier alpha value is -3.18. The fraction of sp³-hybridized carbons (Fsp3) is 0.406. The smallest absolute Gasteiger partial charge is 0.308 e. The highest BCUT2D eigenvalue weighted by molar-refractivity contribution is 6.31. The first-order valence-electron chi connectivity index (χ1n) is 13.2. The Kier molecular flexibility index (Phi) is 7.98. The van der Waals surface area contributed by atoms with Gasteiger partial charge in [0, 0.05) is 41.4 Å². The van der Waals surface area contributed by atoms with E-state index in [0.717, 1.165) is 58.3 Å². The van der Waals surface area contributed by atoms with Crippen molar-refractivity contribution in [2.24, 2.45) is 0 Å². The number of hydrogen-bond donors (Lipinski definition) is 0. The number of halogens is 1. The SMILES string of the molecule is CC(=O)Oc1c(C(C)(C)C)cc(CCc2nc3cc(Cl)cc(CCc4ccccn4)c3o2)cc1C(C)(C)C. The number of rotatable bonds is 7. The van der Waals surface area contributed by atoms with Crippen LogP contribution in [-0.2, 0) is 41.3 Å². The fourth-order valence-corrected chi connectivity index (χ4v) is 4.90. The van der Waals surface area contributed by atoms with E-state index in [1.807, 2.05) is 36.5 Å². The van der Waals surface area contributed by atoms with Crippen molar-refractivity contribution >= 4 is 28.7 Å². The summed E-state index contributed by atoms with van der Waals surface area (Å²) in [6.07, 6.45) is 4.77. The Morgan fingerprint density at radius 1 is 0.921 bits per heavy atom. The number of ether oxygens (including phenoxy) is 1. The number of carbonyl (C=O) groups excluding carboxylic acids is 1. The summed E-state index contributed by atoms with van der Waals surface area (Å²) < 4.78 is 12.1. The van der Waals surface area contributed by atoms with Crippen LogP contribution >= 0.6 is 11.6 Å². The molecule has 0 spiro atoms. The van der Waals surface area contributed by atoms with Crippen LogP contribution in [0.15, 0.2) is 53.1 Å². The summed E-state index contributed by atoms with van der Waals surface area (Å²) in [5, 5.41) is 0.652. The molecule has 0 saturated carbocycles. The molecule has 2 aromatic carbocycles. The second kappa shape index (κ2) is 10.9. The second-order valence-corrected chi connectivity index (χ2v) is 12.4. The average Bonchev–Trinajstić information content (AvgIpc) is 3.23. The van der Waals surface area contributed by atoms with E-state index in [1.54, 1.807) is 0 Å². The van der Waals surface area contributed by atoms with Crippen LogP contribution in [0.3, 0.4) is 0 Å². The van der Waals surface area contributed by atoms with Gasteiger partial charge in [-0.15, -0.1) is 0 Å². The number of benzene rings is 2. The van der Waals surface area contributed by atoms with Crippen molar-refractivity contribution in [1.29, 1.82) is 0 Å². The first kappa shape index (κ1) is 27.8. The number of esters is 1. The molecule has 0 aliphatic rings. The molecule has 0 atom stereocenters. The normalized spacial score (nSPS) is 12.2. The van der Waals surface area contributed by atoms with Crippen molar-refractivity contribution in [2.45, 2.75) is 85.0 Å². The van der Waals surface area contributed by atoms with Crippen LogP contribution in [0.1, 0.15) is 82.3 Å². The quantitative estimate of drug-likeness (QED) is 0.178. The zero-order chi connectivity index (χ0) is 27.7. The molecular weight excluding hydrogens is 496 g/mol. The van der Waals surface area contributed by atoms with Crippen molar-refractivity contribution in [3.8, 4) is 5.75 Å². The van der Waals surface area contributed by atoms with E-state index in [4.69, 9.17) is 25.7 Å². The van der Waals surface area contributed by atoms with E-state index < -0.39 is 0 Å². The van der Waals surface area contributed by atoms with Gasteiger partial charge in [-0.2, -0.15) is 0 Å². The molecule has 2 heterocycles. The number of carbonyl (C=O) groups is 1. The molecule has 0 saturated heterocycles. The van der Waals surface area contributed by atoms with Gasteiger partial charge in [0.1, 0.15) is 11.3 Å². The van der Waals surface area contributed by atoms with Gasteiger partial charge in [0.05, 0.1) is 0 Å². The number of hydrogen-bond acceptors (Lipinski definition) is 5. The third-order valence-corrected chi connectivity index (χ3v) is 6.81. The van der Waals surface area contributed by atoms with Gasteiger partial charge in [0.15, 0.2) is 11.5 Å². The zero-order valence-electron chi connectivity index (χ0n) is 23.4. The maximum Gasteiger partial charge on any atom is 0.308 e. The number of nitrogens with zero attached hydrogens (tertiary/aromatic N) is 2. The van der Waals surface area contributed by atoms with Gasteiger partial charge < -0.3 is 9.15 Å². The standard InChI is InChI=1S/C32H37ClN2O3/c1-20(36)37-30-25(31(2,3)4)16-21(17-26(30)32(5,6)7)11-14-28-35-27-19-23(33)18-22(29(27)38-28)12-13-24-10-8-9-15-34-24/h8-10,15-19H,11-14H2,1-7H3. The van der Waals surface area contributed by atoms with Crippen LogP contribution in [0.2, 0.25) is 5.02 Å². The molecule has 0 bridgehead atoms. The van der Waals surface area contributed by atoms with Gasteiger partial charge in [0.2, 0.25) is 0 Å². The Balaban J connectivity index is 1.63. The van der Waals surface area contributed by atoms with E-state index in [9.17, 15) is 4.79 Å². The average molecular weight is 533 g/mol. The summed E-state index contributed by atoms with van der Waals surface area (Å²) >= 11 is 6.43. The van der Waals surface area contributed by atoms with Crippen LogP contribution in [0.5, 0.6) is 5.75 Å². The minimum absolute atomic E-state index is 0.197. The minimum Gasteiger partial charge on any atom is -0.440 e. The maximum absolute atomic E-state index is 12.0. The predicted octanol–water partition coefficient (Wildman–Crippen LogP) is 7.97. The van der Waals surface area contributed by atoms with Gasteiger partial charge in [-0.1, -0.05) is 71.3 Å². The predicted molar refractivity (Wildman–Crippen MR) is 153 cm³/mol. The molecule has 4 aromatic rings. The van der Waals surface area contributed by atoms with E-state index in [0.29, 0.717) is 23.1 Å². The lowest BCUT2D eigenvalue weighted by Gasteiger charge is -2.30. The molecule has 0 radical (unpaired) electrons. The number of pyridine rings is 1. The highest BCUT2D eigenvalue weighted by atomic mass is 35.5. The lowest BCUT2D eigenvalue weighted by atomic mass is 9.78. The lowest BCUT2D eigenvalue weighted by Crippen LogP contribution is -2.21. The van der Waals surface area contributed by atoms with E-state index in [1.165, 1.54) is 6.92 Å². The molecule has 2 aromatic heterocycles. The largest absolute Gasteiger partial charge is 0.440 e.